The number of hydrogen-bond donors (Lipinski definition) is 1. The molecule has 1 aliphatic rings. The van der Waals surface area contributed by atoms with Gasteiger partial charge in [0.05, 0.1) is 19.0 Å². The number of hydrogen-bond acceptors (Lipinski definition) is 5. The van der Waals surface area contributed by atoms with Crippen LogP contribution in [0.15, 0.2) is 82.4 Å². The molecule has 0 radical (unpaired) electrons. The first-order valence-corrected chi connectivity index (χ1v) is 13.4. The number of nitrogens with one attached hydrogen (secondary N) is 1. The quantitative estimate of drug-likeness (QED) is 0.332. The van der Waals surface area contributed by atoms with Crippen molar-refractivity contribution in [3.8, 4) is 11.5 Å². The van der Waals surface area contributed by atoms with Crippen LogP contribution in [-0.4, -0.2) is 28.8 Å². The van der Waals surface area contributed by atoms with Gasteiger partial charge in [0.15, 0.2) is 0 Å². The summed E-state index contributed by atoms with van der Waals surface area (Å²) in [5, 5.41) is 4.11. The minimum absolute atomic E-state index is 0.183. The Kier molecular flexibility index (Phi) is 8.24. The highest BCUT2D eigenvalue weighted by atomic mass is 16.5. The van der Waals surface area contributed by atoms with E-state index >= 15 is 0 Å². The third kappa shape index (κ3) is 5.83. The second-order valence-electron chi connectivity index (χ2n) is 9.89. The van der Waals surface area contributed by atoms with Crippen LogP contribution in [0.3, 0.4) is 0 Å². The van der Waals surface area contributed by atoms with Gasteiger partial charge in [0.25, 0.3) is 5.56 Å². The number of para-hydroxylation sites is 1. The van der Waals surface area contributed by atoms with Crippen molar-refractivity contribution in [2.75, 3.05) is 13.7 Å². The maximum atomic E-state index is 13.9. The van der Waals surface area contributed by atoms with Crippen molar-refractivity contribution < 1.29 is 9.47 Å². The van der Waals surface area contributed by atoms with Gasteiger partial charge in [-0.25, -0.2) is 4.79 Å². The average Bonchev–Trinajstić information content (AvgIpc) is 2.97. The molecule has 38 heavy (non-hydrogen) atoms. The zero-order valence-corrected chi connectivity index (χ0v) is 21.9. The van der Waals surface area contributed by atoms with Gasteiger partial charge in [-0.1, -0.05) is 67.8 Å². The topological polar surface area (TPSA) is 74.5 Å². The summed E-state index contributed by atoms with van der Waals surface area (Å²) < 4.78 is 14.5. The Balaban J connectivity index is 1.52. The van der Waals surface area contributed by atoms with E-state index in [1.165, 1.54) is 23.8 Å². The van der Waals surface area contributed by atoms with E-state index in [-0.39, 0.29) is 17.8 Å². The van der Waals surface area contributed by atoms with Crippen LogP contribution in [0.5, 0.6) is 11.5 Å². The lowest BCUT2D eigenvalue weighted by atomic mass is 9.95. The maximum absolute atomic E-state index is 13.9. The number of rotatable bonds is 10. The Morgan fingerprint density at radius 2 is 1.61 bits per heavy atom. The predicted octanol–water partition coefficient (Wildman–Crippen LogP) is 4.72. The van der Waals surface area contributed by atoms with Crippen molar-refractivity contribution in [3.05, 3.63) is 105 Å². The second-order valence-corrected chi connectivity index (χ2v) is 9.89. The van der Waals surface area contributed by atoms with E-state index in [1.807, 2.05) is 66.7 Å². The Hall–Kier alpha value is -3.84. The first-order chi connectivity index (χ1) is 18.6. The van der Waals surface area contributed by atoms with Crippen molar-refractivity contribution in [1.82, 2.24) is 14.5 Å². The fourth-order valence-electron chi connectivity index (χ4n) is 5.25. The molecule has 0 bridgehead atoms. The summed E-state index contributed by atoms with van der Waals surface area (Å²) >= 11 is 0. The molecule has 0 saturated heterocycles. The molecule has 198 valence electrons. The molecular formula is C31H35N3O4. The molecule has 1 N–H and O–H groups in total. The fourth-order valence-corrected chi connectivity index (χ4v) is 5.25. The molecule has 3 aromatic carbocycles. The van der Waals surface area contributed by atoms with Gasteiger partial charge in [0.2, 0.25) is 0 Å². The lowest BCUT2D eigenvalue weighted by Crippen LogP contribution is -2.42. The summed E-state index contributed by atoms with van der Waals surface area (Å²) in [6, 6.07) is 23.2. The molecule has 1 aromatic heterocycles. The molecule has 0 aliphatic heterocycles. The van der Waals surface area contributed by atoms with Gasteiger partial charge in [-0.05, 0) is 48.2 Å². The second kappa shape index (κ2) is 12.1. The normalized spacial score (nSPS) is 14.0. The average molecular weight is 514 g/mol. The molecule has 0 atom stereocenters. The van der Waals surface area contributed by atoms with Crippen molar-refractivity contribution in [2.24, 2.45) is 0 Å². The summed E-state index contributed by atoms with van der Waals surface area (Å²) in [5.41, 5.74) is 1.77. The monoisotopic (exact) mass is 513 g/mol. The molecule has 1 saturated carbocycles. The van der Waals surface area contributed by atoms with Crippen LogP contribution in [0, 0.1) is 0 Å². The first kappa shape index (κ1) is 25.8. The number of aromatic nitrogens is 2. The molecule has 1 heterocycles. The molecule has 1 aliphatic carbocycles. The fraction of sp³-hybridized carbons (Fsp3) is 0.355. The van der Waals surface area contributed by atoms with Crippen LogP contribution >= 0.6 is 0 Å². The Morgan fingerprint density at radius 1 is 0.842 bits per heavy atom. The minimum atomic E-state index is -0.334. The standard InChI is InChI=1S/C31H35N3O4/c1-37-26-17-15-23(16-18-26)21-34-30(35)27-13-8-14-28(38-22-24-9-4-2-5-10-24)29(27)33(31(34)36)20-19-32-25-11-6-3-7-12-25/h2,4-5,8-10,13-18,25,32H,3,6-7,11-12,19-22H2,1H3. The Bertz CT molecular complexity index is 1470. The Morgan fingerprint density at radius 3 is 2.34 bits per heavy atom. The van der Waals surface area contributed by atoms with E-state index < -0.39 is 0 Å². The SMILES string of the molecule is COc1ccc(Cn2c(=O)c3cccc(OCc4ccccc4)c3n(CCNC3CCCCC3)c2=O)cc1. The summed E-state index contributed by atoms with van der Waals surface area (Å²) in [5.74, 6) is 1.26. The van der Waals surface area contributed by atoms with E-state index in [0.717, 1.165) is 29.7 Å². The minimum Gasteiger partial charge on any atom is -0.497 e. The molecular weight excluding hydrogens is 478 g/mol. The predicted molar refractivity (Wildman–Crippen MR) is 150 cm³/mol. The van der Waals surface area contributed by atoms with Crippen LogP contribution in [0.1, 0.15) is 43.2 Å². The van der Waals surface area contributed by atoms with Crippen LogP contribution in [-0.2, 0) is 19.7 Å². The highest BCUT2D eigenvalue weighted by Gasteiger charge is 2.18. The number of fused-ring (bicyclic) bond motifs is 1. The van der Waals surface area contributed by atoms with Crippen LogP contribution < -0.4 is 26.0 Å². The van der Waals surface area contributed by atoms with Crippen LogP contribution in [0.2, 0.25) is 0 Å². The molecule has 5 rings (SSSR count). The van der Waals surface area contributed by atoms with E-state index in [9.17, 15) is 9.59 Å². The highest BCUT2D eigenvalue weighted by molar-refractivity contribution is 5.84. The summed E-state index contributed by atoms with van der Waals surface area (Å²) in [6.45, 7) is 1.63. The smallest absolute Gasteiger partial charge is 0.331 e. The van der Waals surface area contributed by atoms with Gasteiger partial charge in [-0.3, -0.25) is 13.9 Å². The molecule has 1 fully saturated rings. The van der Waals surface area contributed by atoms with Gasteiger partial charge >= 0.3 is 5.69 Å². The zero-order chi connectivity index (χ0) is 26.3. The Labute approximate surface area is 222 Å². The number of nitrogens with zero attached hydrogens (tertiary/aromatic N) is 2. The van der Waals surface area contributed by atoms with Crippen LogP contribution in [0.25, 0.3) is 10.9 Å². The largest absolute Gasteiger partial charge is 0.497 e. The van der Waals surface area contributed by atoms with E-state index in [0.29, 0.717) is 42.4 Å². The van der Waals surface area contributed by atoms with Crippen molar-refractivity contribution in [2.45, 2.75) is 57.8 Å². The van der Waals surface area contributed by atoms with E-state index in [4.69, 9.17) is 9.47 Å². The van der Waals surface area contributed by atoms with Gasteiger partial charge in [0, 0.05) is 19.1 Å². The number of benzene rings is 3. The number of ether oxygens (including phenoxy) is 2. The molecule has 0 amide bonds. The first-order valence-electron chi connectivity index (χ1n) is 13.4. The van der Waals surface area contributed by atoms with Crippen molar-refractivity contribution >= 4 is 10.9 Å². The maximum Gasteiger partial charge on any atom is 0.331 e. The molecule has 0 spiro atoms. The van der Waals surface area contributed by atoms with E-state index in [1.54, 1.807) is 17.7 Å². The summed E-state index contributed by atoms with van der Waals surface area (Å²) in [6.07, 6.45) is 6.10. The molecule has 7 nitrogen and oxygen atoms in total. The molecule has 4 aromatic rings. The van der Waals surface area contributed by atoms with Crippen molar-refractivity contribution in [3.63, 3.8) is 0 Å². The van der Waals surface area contributed by atoms with Crippen molar-refractivity contribution in [1.29, 1.82) is 0 Å². The number of methoxy groups -OCH3 is 1. The van der Waals surface area contributed by atoms with Crippen LogP contribution in [0.4, 0.5) is 0 Å². The lowest BCUT2D eigenvalue weighted by Gasteiger charge is -2.23. The van der Waals surface area contributed by atoms with Gasteiger partial charge < -0.3 is 14.8 Å². The molecule has 7 heteroatoms. The van der Waals surface area contributed by atoms with E-state index in [2.05, 4.69) is 5.32 Å². The highest BCUT2D eigenvalue weighted by Crippen LogP contribution is 2.24. The zero-order valence-electron chi connectivity index (χ0n) is 21.9. The summed E-state index contributed by atoms with van der Waals surface area (Å²) in [7, 11) is 1.61. The van der Waals surface area contributed by atoms with Gasteiger partial charge in [0.1, 0.15) is 23.6 Å². The van der Waals surface area contributed by atoms with Gasteiger partial charge in [-0.15, -0.1) is 0 Å². The van der Waals surface area contributed by atoms with Gasteiger partial charge in [-0.2, -0.15) is 0 Å². The lowest BCUT2D eigenvalue weighted by molar-refractivity contribution is 0.307. The third-order valence-electron chi connectivity index (χ3n) is 7.32. The molecule has 0 unspecified atom stereocenters. The summed E-state index contributed by atoms with van der Waals surface area (Å²) in [4.78, 5) is 27.5. The third-order valence-corrected chi connectivity index (χ3v) is 7.32.